The molecule has 1 N–H and O–H groups in total. The molecule has 5 heteroatoms. The zero-order chi connectivity index (χ0) is 14.3. The average Bonchev–Trinajstić information content (AvgIpc) is 2.40. The Bertz CT molecular complexity index is 387. The minimum Gasteiger partial charge on any atom is -0.370 e. The maximum atomic E-state index is 6.24. The Morgan fingerprint density at radius 1 is 1.42 bits per heavy atom. The number of halogens is 1. The summed E-state index contributed by atoms with van der Waals surface area (Å²) in [5.41, 5.74) is 0.946. The number of hydrogen-bond acceptors (Lipinski definition) is 4. The van der Waals surface area contributed by atoms with E-state index in [2.05, 4.69) is 42.4 Å². The van der Waals surface area contributed by atoms with Crippen LogP contribution in [0.3, 0.4) is 0 Å². The molecule has 1 unspecified atom stereocenters. The van der Waals surface area contributed by atoms with Gasteiger partial charge in [0.15, 0.2) is 0 Å². The first-order valence-corrected chi connectivity index (χ1v) is 8.48. The molecule has 0 aliphatic heterocycles. The van der Waals surface area contributed by atoms with Crippen LogP contribution in [0, 0.1) is 0 Å². The van der Waals surface area contributed by atoms with Gasteiger partial charge >= 0.3 is 0 Å². The van der Waals surface area contributed by atoms with Gasteiger partial charge in [0.25, 0.3) is 0 Å². The molecule has 0 bridgehead atoms. The number of anilines is 1. The standard InChI is InChI=1S/C14H24ClN3S/c1-5-11(10-19-4)18(3)9-13-12(15)7-8-14(17-13)16-6-2/h7-8,11H,5-6,9-10H2,1-4H3,(H,16,17). The van der Waals surface area contributed by atoms with Crippen LogP contribution in [0.1, 0.15) is 26.0 Å². The molecule has 0 aliphatic carbocycles. The van der Waals surface area contributed by atoms with E-state index in [1.54, 1.807) is 0 Å². The van der Waals surface area contributed by atoms with Crippen molar-refractivity contribution in [2.24, 2.45) is 0 Å². The van der Waals surface area contributed by atoms with Crippen molar-refractivity contribution >= 4 is 29.2 Å². The molecule has 3 nitrogen and oxygen atoms in total. The molecule has 0 spiro atoms. The highest BCUT2D eigenvalue weighted by molar-refractivity contribution is 7.98. The Labute approximate surface area is 126 Å². The molecule has 1 atom stereocenters. The van der Waals surface area contributed by atoms with E-state index in [0.717, 1.165) is 41.8 Å². The lowest BCUT2D eigenvalue weighted by atomic mass is 10.2. The maximum Gasteiger partial charge on any atom is 0.126 e. The SMILES string of the molecule is CCNc1ccc(Cl)c(CN(C)C(CC)CSC)n1. The van der Waals surface area contributed by atoms with Gasteiger partial charge in [-0.15, -0.1) is 0 Å². The number of aromatic nitrogens is 1. The second-order valence-electron chi connectivity index (χ2n) is 4.59. The molecule has 1 heterocycles. The molecule has 1 aromatic heterocycles. The number of pyridine rings is 1. The summed E-state index contributed by atoms with van der Waals surface area (Å²) in [5, 5.41) is 3.97. The van der Waals surface area contributed by atoms with E-state index in [4.69, 9.17) is 11.6 Å². The van der Waals surface area contributed by atoms with E-state index in [-0.39, 0.29) is 0 Å². The minimum absolute atomic E-state index is 0.565. The van der Waals surface area contributed by atoms with Crippen LogP contribution >= 0.6 is 23.4 Å². The molecule has 0 aromatic carbocycles. The van der Waals surface area contributed by atoms with E-state index in [9.17, 15) is 0 Å². The fourth-order valence-electron chi connectivity index (χ4n) is 1.99. The van der Waals surface area contributed by atoms with Crippen LogP contribution in [0.5, 0.6) is 0 Å². The van der Waals surface area contributed by atoms with Crippen LogP contribution in [0.4, 0.5) is 5.82 Å². The largest absolute Gasteiger partial charge is 0.370 e. The molecule has 1 rings (SSSR count). The summed E-state index contributed by atoms with van der Waals surface area (Å²) in [6, 6.07) is 4.41. The zero-order valence-corrected chi connectivity index (χ0v) is 13.8. The van der Waals surface area contributed by atoms with Crippen molar-refractivity contribution in [2.45, 2.75) is 32.9 Å². The van der Waals surface area contributed by atoms with Crippen LogP contribution < -0.4 is 5.32 Å². The molecule has 1 aromatic rings. The van der Waals surface area contributed by atoms with Gasteiger partial charge in [-0.1, -0.05) is 18.5 Å². The van der Waals surface area contributed by atoms with Gasteiger partial charge in [0.1, 0.15) is 5.82 Å². The highest BCUT2D eigenvalue weighted by atomic mass is 35.5. The maximum absolute atomic E-state index is 6.24. The second-order valence-corrected chi connectivity index (χ2v) is 5.91. The fraction of sp³-hybridized carbons (Fsp3) is 0.643. The van der Waals surface area contributed by atoms with Gasteiger partial charge in [-0.25, -0.2) is 4.98 Å². The summed E-state index contributed by atoms with van der Waals surface area (Å²) in [7, 11) is 2.14. The number of nitrogens with zero attached hydrogens (tertiary/aromatic N) is 2. The lowest BCUT2D eigenvalue weighted by Gasteiger charge is -2.26. The van der Waals surface area contributed by atoms with Crippen LogP contribution in [0.2, 0.25) is 5.02 Å². The van der Waals surface area contributed by atoms with Crippen LogP contribution in [0.15, 0.2) is 12.1 Å². The first-order chi connectivity index (χ1) is 9.12. The fourth-order valence-corrected chi connectivity index (χ4v) is 3.03. The van der Waals surface area contributed by atoms with Gasteiger partial charge in [0, 0.05) is 24.9 Å². The van der Waals surface area contributed by atoms with Gasteiger partial charge in [-0.05, 0) is 38.8 Å². The van der Waals surface area contributed by atoms with Crippen LogP contribution in [-0.2, 0) is 6.54 Å². The average molecular weight is 302 g/mol. The quantitative estimate of drug-likeness (QED) is 0.792. The Kier molecular flexibility index (Phi) is 7.57. The number of thioether (sulfide) groups is 1. The van der Waals surface area contributed by atoms with E-state index in [1.165, 1.54) is 0 Å². The first kappa shape index (κ1) is 16.6. The van der Waals surface area contributed by atoms with Crippen molar-refractivity contribution in [2.75, 3.05) is 30.9 Å². The summed E-state index contributed by atoms with van der Waals surface area (Å²) < 4.78 is 0. The molecule has 19 heavy (non-hydrogen) atoms. The summed E-state index contributed by atoms with van der Waals surface area (Å²) in [4.78, 5) is 6.92. The van der Waals surface area contributed by atoms with Crippen LogP contribution in [-0.4, -0.2) is 41.5 Å². The zero-order valence-electron chi connectivity index (χ0n) is 12.2. The normalized spacial score (nSPS) is 12.7. The number of hydrogen-bond donors (Lipinski definition) is 1. The first-order valence-electron chi connectivity index (χ1n) is 6.70. The highest BCUT2D eigenvalue weighted by Crippen LogP contribution is 2.20. The lowest BCUT2D eigenvalue weighted by Crippen LogP contribution is -2.33. The Hall–Kier alpha value is -0.450. The van der Waals surface area contributed by atoms with Gasteiger partial charge in [0.05, 0.1) is 10.7 Å². The predicted molar refractivity (Wildman–Crippen MR) is 87.3 cm³/mol. The van der Waals surface area contributed by atoms with Crippen molar-refractivity contribution in [1.29, 1.82) is 0 Å². The lowest BCUT2D eigenvalue weighted by molar-refractivity contribution is 0.245. The minimum atomic E-state index is 0.565. The summed E-state index contributed by atoms with van der Waals surface area (Å²) in [6.07, 6.45) is 3.29. The molecule has 0 radical (unpaired) electrons. The summed E-state index contributed by atoms with van der Waals surface area (Å²) in [5.74, 6) is 2.03. The van der Waals surface area contributed by atoms with Crippen molar-refractivity contribution in [1.82, 2.24) is 9.88 Å². The third kappa shape index (κ3) is 5.21. The van der Waals surface area contributed by atoms with E-state index in [1.807, 2.05) is 23.9 Å². The third-order valence-electron chi connectivity index (χ3n) is 3.13. The highest BCUT2D eigenvalue weighted by Gasteiger charge is 2.14. The van der Waals surface area contributed by atoms with E-state index >= 15 is 0 Å². The molecule has 0 saturated heterocycles. The molecule has 0 fully saturated rings. The smallest absolute Gasteiger partial charge is 0.126 e. The molecule has 0 amide bonds. The second kappa shape index (κ2) is 8.67. The van der Waals surface area contributed by atoms with Gasteiger partial charge in [-0.2, -0.15) is 11.8 Å². The Morgan fingerprint density at radius 2 is 2.16 bits per heavy atom. The van der Waals surface area contributed by atoms with Crippen LogP contribution in [0.25, 0.3) is 0 Å². The Balaban J connectivity index is 2.76. The molecule has 108 valence electrons. The summed E-state index contributed by atoms with van der Waals surface area (Å²) >= 11 is 8.12. The van der Waals surface area contributed by atoms with Crippen molar-refractivity contribution in [3.8, 4) is 0 Å². The molecular weight excluding hydrogens is 278 g/mol. The van der Waals surface area contributed by atoms with Gasteiger partial charge in [0.2, 0.25) is 0 Å². The van der Waals surface area contributed by atoms with E-state index < -0.39 is 0 Å². The number of rotatable bonds is 8. The van der Waals surface area contributed by atoms with Gasteiger partial charge in [-0.3, -0.25) is 4.90 Å². The molecular formula is C14H24ClN3S. The van der Waals surface area contributed by atoms with Gasteiger partial charge < -0.3 is 5.32 Å². The molecule has 0 aliphatic rings. The topological polar surface area (TPSA) is 28.2 Å². The third-order valence-corrected chi connectivity index (χ3v) is 4.19. The van der Waals surface area contributed by atoms with E-state index in [0.29, 0.717) is 6.04 Å². The predicted octanol–water partition coefficient (Wildman–Crippen LogP) is 3.74. The Morgan fingerprint density at radius 3 is 2.74 bits per heavy atom. The van der Waals surface area contributed by atoms with Crippen molar-refractivity contribution in [3.05, 3.63) is 22.8 Å². The monoisotopic (exact) mass is 301 g/mol. The number of nitrogens with one attached hydrogen (secondary N) is 1. The van der Waals surface area contributed by atoms with Crippen molar-refractivity contribution in [3.63, 3.8) is 0 Å². The van der Waals surface area contributed by atoms with Crippen molar-refractivity contribution < 1.29 is 0 Å². The summed E-state index contributed by atoms with van der Waals surface area (Å²) in [6.45, 7) is 5.94. The molecule has 0 saturated carbocycles.